The van der Waals surface area contributed by atoms with E-state index >= 15 is 0 Å². The van der Waals surface area contributed by atoms with Crippen molar-refractivity contribution in [3.05, 3.63) is 47.3 Å². The zero-order valence-corrected chi connectivity index (χ0v) is 17.1. The Morgan fingerprint density at radius 1 is 1.20 bits per heavy atom. The fourth-order valence-electron chi connectivity index (χ4n) is 3.66. The van der Waals surface area contributed by atoms with Crippen LogP contribution in [0.15, 0.2) is 24.5 Å². The number of hydrogen-bond acceptors (Lipinski definition) is 5. The molecule has 1 aromatic heterocycles. The Bertz CT molecular complexity index is 830. The summed E-state index contributed by atoms with van der Waals surface area (Å²) in [5.41, 5.74) is 0.680. The Morgan fingerprint density at radius 2 is 1.83 bits per heavy atom. The number of hydrogen-bond donors (Lipinski definition) is 1. The van der Waals surface area contributed by atoms with Gasteiger partial charge in [-0.2, -0.15) is 0 Å². The number of aliphatic carboxylic acids is 1. The predicted molar refractivity (Wildman–Crippen MR) is 109 cm³/mol. The molecular weight excluding hydrogens is 392 g/mol. The summed E-state index contributed by atoms with van der Waals surface area (Å²) < 4.78 is 33.3. The number of rotatable bonds is 9. The first-order valence-electron chi connectivity index (χ1n) is 10.3. The molecule has 1 aliphatic rings. The lowest BCUT2D eigenvalue weighted by atomic mass is 9.92. The number of benzene rings is 1. The number of aromatic nitrogens is 2. The maximum atomic E-state index is 13.9. The molecule has 30 heavy (non-hydrogen) atoms. The van der Waals surface area contributed by atoms with E-state index in [0.29, 0.717) is 12.5 Å². The van der Waals surface area contributed by atoms with Crippen LogP contribution in [0.5, 0.6) is 5.75 Å². The van der Waals surface area contributed by atoms with Crippen LogP contribution < -0.4 is 9.64 Å². The van der Waals surface area contributed by atoms with Crippen molar-refractivity contribution in [1.29, 1.82) is 0 Å². The van der Waals surface area contributed by atoms with E-state index in [4.69, 9.17) is 9.84 Å². The molecule has 1 N–H and O–H groups in total. The molecule has 2 aromatic rings. The Kier molecular flexibility index (Phi) is 7.54. The summed E-state index contributed by atoms with van der Waals surface area (Å²) in [6, 6.07) is 2.09. The molecule has 0 aliphatic carbocycles. The highest BCUT2D eigenvalue weighted by Crippen LogP contribution is 2.25. The first-order valence-corrected chi connectivity index (χ1v) is 10.3. The molecule has 1 fully saturated rings. The fourth-order valence-corrected chi connectivity index (χ4v) is 3.66. The van der Waals surface area contributed by atoms with Gasteiger partial charge in [0.05, 0.1) is 13.0 Å². The van der Waals surface area contributed by atoms with Crippen molar-refractivity contribution in [2.75, 3.05) is 24.6 Å². The highest BCUT2D eigenvalue weighted by molar-refractivity contribution is 5.70. The standard InChI is InChI=1S/C22H27F2N3O3/c1-2-15-13-25-22(26-14-15)27-7-5-16(6-8-27)4-3-9-30-17-10-19(23)18(12-21(28)29)20(24)11-17/h10-11,13-14,16H,2-9,12H2,1H3,(H,28,29). The van der Waals surface area contributed by atoms with E-state index in [0.717, 1.165) is 68.8 Å². The number of piperidine rings is 1. The van der Waals surface area contributed by atoms with Crippen molar-refractivity contribution in [2.24, 2.45) is 5.92 Å². The number of halogens is 2. The molecule has 0 radical (unpaired) electrons. The van der Waals surface area contributed by atoms with E-state index in [9.17, 15) is 13.6 Å². The van der Waals surface area contributed by atoms with Crippen LogP contribution in [0.25, 0.3) is 0 Å². The molecule has 0 spiro atoms. The summed E-state index contributed by atoms with van der Waals surface area (Å²) in [5, 5.41) is 8.71. The molecular formula is C22H27F2N3O3. The number of anilines is 1. The lowest BCUT2D eigenvalue weighted by Gasteiger charge is -2.32. The van der Waals surface area contributed by atoms with Gasteiger partial charge >= 0.3 is 5.97 Å². The van der Waals surface area contributed by atoms with Gasteiger partial charge in [0.25, 0.3) is 0 Å². The van der Waals surface area contributed by atoms with E-state index < -0.39 is 29.6 Å². The molecule has 0 saturated carbocycles. The molecule has 6 nitrogen and oxygen atoms in total. The minimum atomic E-state index is -1.28. The summed E-state index contributed by atoms with van der Waals surface area (Å²) in [6.45, 7) is 4.27. The van der Waals surface area contributed by atoms with Crippen LogP contribution in [0, 0.1) is 17.6 Å². The Labute approximate surface area is 174 Å². The molecule has 1 aromatic carbocycles. The van der Waals surface area contributed by atoms with Gasteiger partial charge in [-0.25, -0.2) is 18.7 Å². The number of carboxylic acid groups (broad SMARTS) is 1. The fraction of sp³-hybridized carbons (Fsp3) is 0.500. The average molecular weight is 419 g/mol. The van der Waals surface area contributed by atoms with Gasteiger partial charge < -0.3 is 14.7 Å². The summed E-state index contributed by atoms with van der Waals surface area (Å²) in [4.78, 5) is 21.8. The third-order valence-electron chi connectivity index (χ3n) is 5.47. The van der Waals surface area contributed by atoms with Crippen molar-refractivity contribution in [1.82, 2.24) is 9.97 Å². The lowest BCUT2D eigenvalue weighted by Crippen LogP contribution is -2.35. The topological polar surface area (TPSA) is 75.6 Å². The minimum absolute atomic E-state index is 0.0848. The van der Waals surface area contributed by atoms with E-state index in [1.807, 2.05) is 12.4 Å². The van der Waals surface area contributed by atoms with Crippen LogP contribution in [-0.4, -0.2) is 40.7 Å². The van der Waals surface area contributed by atoms with Crippen molar-refractivity contribution >= 4 is 11.9 Å². The van der Waals surface area contributed by atoms with Gasteiger partial charge in [-0.15, -0.1) is 0 Å². The Balaban J connectivity index is 1.40. The first-order chi connectivity index (χ1) is 14.5. The second-order valence-corrected chi connectivity index (χ2v) is 7.60. The smallest absolute Gasteiger partial charge is 0.308 e. The van der Waals surface area contributed by atoms with Crippen LogP contribution in [-0.2, 0) is 17.6 Å². The van der Waals surface area contributed by atoms with Crippen molar-refractivity contribution in [3.63, 3.8) is 0 Å². The molecule has 2 heterocycles. The van der Waals surface area contributed by atoms with E-state index in [2.05, 4.69) is 21.8 Å². The molecule has 1 aliphatic heterocycles. The molecule has 8 heteroatoms. The molecule has 162 valence electrons. The van der Waals surface area contributed by atoms with Gasteiger partial charge in [0, 0.05) is 43.2 Å². The summed E-state index contributed by atoms with van der Waals surface area (Å²) >= 11 is 0. The van der Waals surface area contributed by atoms with Crippen LogP contribution in [0.3, 0.4) is 0 Å². The van der Waals surface area contributed by atoms with Crippen molar-refractivity contribution in [2.45, 2.75) is 45.4 Å². The number of aryl methyl sites for hydroxylation is 1. The largest absolute Gasteiger partial charge is 0.493 e. The minimum Gasteiger partial charge on any atom is -0.493 e. The normalized spacial score (nSPS) is 14.7. The highest BCUT2D eigenvalue weighted by Gasteiger charge is 2.21. The third kappa shape index (κ3) is 5.87. The molecule has 0 amide bonds. The maximum absolute atomic E-state index is 13.9. The molecule has 1 saturated heterocycles. The number of carboxylic acids is 1. The van der Waals surface area contributed by atoms with E-state index in [1.165, 1.54) is 0 Å². The lowest BCUT2D eigenvalue weighted by molar-refractivity contribution is -0.136. The molecule has 0 unspecified atom stereocenters. The molecule has 0 atom stereocenters. The van der Waals surface area contributed by atoms with Crippen LogP contribution in [0.2, 0.25) is 0 Å². The maximum Gasteiger partial charge on any atom is 0.308 e. The second kappa shape index (κ2) is 10.3. The van der Waals surface area contributed by atoms with Gasteiger partial charge in [0.1, 0.15) is 17.4 Å². The number of carbonyl (C=O) groups is 1. The second-order valence-electron chi connectivity index (χ2n) is 7.60. The SMILES string of the molecule is CCc1cnc(N2CCC(CCCOc3cc(F)c(CC(=O)O)c(F)c3)CC2)nc1. The van der Waals surface area contributed by atoms with Crippen LogP contribution in [0.4, 0.5) is 14.7 Å². The van der Waals surface area contributed by atoms with Gasteiger partial charge in [-0.1, -0.05) is 6.92 Å². The average Bonchev–Trinajstić information content (AvgIpc) is 2.74. The van der Waals surface area contributed by atoms with E-state index in [1.54, 1.807) is 0 Å². The quantitative estimate of drug-likeness (QED) is 0.619. The summed E-state index contributed by atoms with van der Waals surface area (Å²) in [5.74, 6) is -1.63. The van der Waals surface area contributed by atoms with Crippen LogP contribution >= 0.6 is 0 Å². The summed E-state index contributed by atoms with van der Waals surface area (Å²) in [7, 11) is 0. The van der Waals surface area contributed by atoms with Crippen molar-refractivity contribution in [3.8, 4) is 5.75 Å². The van der Waals surface area contributed by atoms with Gasteiger partial charge in [-0.3, -0.25) is 4.79 Å². The van der Waals surface area contributed by atoms with Gasteiger partial charge in [0.15, 0.2) is 0 Å². The van der Waals surface area contributed by atoms with E-state index in [-0.39, 0.29) is 5.75 Å². The monoisotopic (exact) mass is 419 g/mol. The Hall–Kier alpha value is -2.77. The van der Waals surface area contributed by atoms with Gasteiger partial charge in [0.2, 0.25) is 5.95 Å². The highest BCUT2D eigenvalue weighted by atomic mass is 19.1. The third-order valence-corrected chi connectivity index (χ3v) is 5.47. The zero-order chi connectivity index (χ0) is 21.5. The summed E-state index contributed by atoms with van der Waals surface area (Å²) in [6.07, 6.45) is 7.86. The Morgan fingerprint density at radius 3 is 2.40 bits per heavy atom. The molecule has 0 bridgehead atoms. The van der Waals surface area contributed by atoms with Gasteiger partial charge in [-0.05, 0) is 43.6 Å². The number of ether oxygens (including phenoxy) is 1. The first kappa shape index (κ1) is 21.9. The van der Waals surface area contributed by atoms with Crippen LogP contribution in [0.1, 0.15) is 43.7 Å². The zero-order valence-electron chi connectivity index (χ0n) is 17.1. The van der Waals surface area contributed by atoms with Crippen molar-refractivity contribution < 1.29 is 23.4 Å². The molecule has 3 rings (SSSR count). The number of nitrogens with zero attached hydrogens (tertiary/aromatic N) is 3. The predicted octanol–water partition coefficient (Wildman–Crippen LogP) is 4.02.